The monoisotopic (exact) mass is 251 g/mol. The van der Waals surface area contributed by atoms with Crippen LogP contribution in [-0.4, -0.2) is 0 Å². The standard InChI is InChI=1S/C14H15F2NO/c1-8-6-10(9(2)18-8)14(17)7-11-12(15)4-3-5-13(11)16/h3-6,14H,7,17H2,1-2H3. The lowest BCUT2D eigenvalue weighted by Gasteiger charge is -2.12. The predicted octanol–water partition coefficient (Wildman–Crippen LogP) is 3.42. The van der Waals surface area contributed by atoms with Gasteiger partial charge in [0.05, 0.1) is 0 Å². The summed E-state index contributed by atoms with van der Waals surface area (Å²) in [5, 5.41) is 0. The van der Waals surface area contributed by atoms with E-state index in [-0.39, 0.29) is 12.0 Å². The zero-order chi connectivity index (χ0) is 13.3. The Labute approximate surface area is 104 Å². The van der Waals surface area contributed by atoms with Gasteiger partial charge >= 0.3 is 0 Å². The molecule has 2 rings (SSSR count). The Morgan fingerprint density at radius 1 is 1.22 bits per heavy atom. The minimum atomic E-state index is -0.566. The largest absolute Gasteiger partial charge is 0.466 e. The number of hydrogen-bond donors (Lipinski definition) is 1. The smallest absolute Gasteiger partial charge is 0.129 e. The van der Waals surface area contributed by atoms with Crippen LogP contribution in [0.15, 0.2) is 28.7 Å². The van der Waals surface area contributed by atoms with E-state index in [0.29, 0.717) is 5.76 Å². The van der Waals surface area contributed by atoms with Crippen LogP contribution < -0.4 is 5.73 Å². The highest BCUT2D eigenvalue weighted by Gasteiger charge is 2.17. The van der Waals surface area contributed by atoms with E-state index in [1.165, 1.54) is 18.2 Å². The molecule has 0 fully saturated rings. The Hall–Kier alpha value is -1.68. The SMILES string of the molecule is Cc1cc(C(N)Cc2c(F)cccc2F)c(C)o1. The van der Waals surface area contributed by atoms with Gasteiger partial charge in [-0.05, 0) is 38.5 Å². The summed E-state index contributed by atoms with van der Waals surface area (Å²) in [7, 11) is 0. The normalized spacial score (nSPS) is 12.7. The number of aryl methyl sites for hydroxylation is 2. The fraction of sp³-hybridized carbons (Fsp3) is 0.286. The van der Waals surface area contributed by atoms with E-state index in [0.717, 1.165) is 11.3 Å². The van der Waals surface area contributed by atoms with Gasteiger partial charge in [-0.25, -0.2) is 8.78 Å². The average Bonchev–Trinajstić information content (AvgIpc) is 2.63. The summed E-state index contributed by atoms with van der Waals surface area (Å²) >= 11 is 0. The van der Waals surface area contributed by atoms with Crippen molar-refractivity contribution in [1.82, 2.24) is 0 Å². The van der Waals surface area contributed by atoms with Crippen molar-refractivity contribution in [2.24, 2.45) is 5.73 Å². The van der Waals surface area contributed by atoms with Crippen molar-refractivity contribution in [3.8, 4) is 0 Å². The fourth-order valence-corrected chi connectivity index (χ4v) is 2.08. The second kappa shape index (κ2) is 4.90. The molecule has 2 nitrogen and oxygen atoms in total. The van der Waals surface area contributed by atoms with E-state index < -0.39 is 17.7 Å². The van der Waals surface area contributed by atoms with E-state index in [4.69, 9.17) is 10.2 Å². The molecule has 96 valence electrons. The maximum absolute atomic E-state index is 13.5. The zero-order valence-electron chi connectivity index (χ0n) is 10.3. The number of rotatable bonds is 3. The van der Waals surface area contributed by atoms with Crippen molar-refractivity contribution >= 4 is 0 Å². The molecule has 1 unspecified atom stereocenters. The Balaban J connectivity index is 2.26. The number of hydrogen-bond acceptors (Lipinski definition) is 2. The van der Waals surface area contributed by atoms with Crippen LogP contribution in [0.2, 0.25) is 0 Å². The zero-order valence-corrected chi connectivity index (χ0v) is 10.3. The molecule has 0 saturated carbocycles. The van der Waals surface area contributed by atoms with Gasteiger partial charge in [-0.1, -0.05) is 6.07 Å². The van der Waals surface area contributed by atoms with Crippen molar-refractivity contribution in [2.75, 3.05) is 0 Å². The molecule has 1 aromatic carbocycles. The highest BCUT2D eigenvalue weighted by atomic mass is 19.1. The van der Waals surface area contributed by atoms with E-state index in [9.17, 15) is 8.78 Å². The van der Waals surface area contributed by atoms with E-state index in [2.05, 4.69) is 0 Å². The van der Waals surface area contributed by atoms with Gasteiger partial charge in [0.2, 0.25) is 0 Å². The van der Waals surface area contributed by atoms with Gasteiger partial charge in [0.1, 0.15) is 23.2 Å². The molecule has 18 heavy (non-hydrogen) atoms. The summed E-state index contributed by atoms with van der Waals surface area (Å²) in [5.41, 5.74) is 6.79. The van der Waals surface area contributed by atoms with Gasteiger partial charge in [0.15, 0.2) is 0 Å². The number of halogens is 2. The lowest BCUT2D eigenvalue weighted by molar-refractivity contribution is 0.494. The highest BCUT2D eigenvalue weighted by molar-refractivity contribution is 5.28. The van der Waals surface area contributed by atoms with Gasteiger partial charge in [-0.15, -0.1) is 0 Å². The van der Waals surface area contributed by atoms with Crippen molar-refractivity contribution in [3.05, 3.63) is 58.5 Å². The maximum Gasteiger partial charge on any atom is 0.129 e. The van der Waals surface area contributed by atoms with Crippen LogP contribution in [0.1, 0.15) is 28.7 Å². The summed E-state index contributed by atoms with van der Waals surface area (Å²) in [6.07, 6.45) is 0.109. The first-order valence-electron chi connectivity index (χ1n) is 5.74. The molecule has 1 atom stereocenters. The molecular formula is C14H15F2NO. The molecule has 1 heterocycles. The van der Waals surface area contributed by atoms with Gasteiger partial charge < -0.3 is 10.2 Å². The summed E-state index contributed by atoms with van der Waals surface area (Å²) < 4.78 is 32.4. The molecule has 0 amide bonds. The third-order valence-corrected chi connectivity index (χ3v) is 2.96. The fourth-order valence-electron chi connectivity index (χ4n) is 2.08. The third kappa shape index (κ3) is 2.43. The molecule has 0 radical (unpaired) electrons. The second-order valence-corrected chi connectivity index (χ2v) is 4.38. The van der Waals surface area contributed by atoms with Crippen LogP contribution in [0, 0.1) is 25.5 Å². The second-order valence-electron chi connectivity index (χ2n) is 4.38. The summed E-state index contributed by atoms with van der Waals surface area (Å²) in [6, 6.07) is 5.14. The van der Waals surface area contributed by atoms with Gasteiger partial charge in [-0.2, -0.15) is 0 Å². The van der Waals surface area contributed by atoms with Crippen molar-refractivity contribution in [3.63, 3.8) is 0 Å². The molecule has 4 heteroatoms. The van der Waals surface area contributed by atoms with Gasteiger partial charge in [0.25, 0.3) is 0 Å². The van der Waals surface area contributed by atoms with Crippen molar-refractivity contribution in [1.29, 1.82) is 0 Å². The third-order valence-electron chi connectivity index (χ3n) is 2.96. The van der Waals surface area contributed by atoms with Crippen molar-refractivity contribution < 1.29 is 13.2 Å². The first kappa shape index (κ1) is 12.8. The van der Waals surface area contributed by atoms with E-state index >= 15 is 0 Å². The predicted molar refractivity (Wildman–Crippen MR) is 65.2 cm³/mol. The summed E-state index contributed by atoms with van der Waals surface area (Å²) in [4.78, 5) is 0. The minimum Gasteiger partial charge on any atom is -0.466 e. The molecular weight excluding hydrogens is 236 g/mol. The Kier molecular flexibility index (Phi) is 3.48. The summed E-state index contributed by atoms with van der Waals surface area (Å²) in [6.45, 7) is 3.60. The minimum absolute atomic E-state index is 0.0169. The van der Waals surface area contributed by atoms with Crippen LogP contribution in [0.3, 0.4) is 0 Å². The average molecular weight is 251 g/mol. The molecule has 0 aliphatic carbocycles. The highest BCUT2D eigenvalue weighted by Crippen LogP contribution is 2.25. The Bertz CT molecular complexity index is 543. The lowest BCUT2D eigenvalue weighted by Crippen LogP contribution is -2.15. The lowest BCUT2D eigenvalue weighted by atomic mass is 9.99. The first-order chi connectivity index (χ1) is 8.49. The topological polar surface area (TPSA) is 39.2 Å². The Morgan fingerprint density at radius 3 is 2.33 bits per heavy atom. The molecule has 0 spiro atoms. The van der Waals surface area contributed by atoms with Crippen LogP contribution in [0.5, 0.6) is 0 Å². The molecule has 0 aliphatic rings. The van der Waals surface area contributed by atoms with Gasteiger partial charge in [0, 0.05) is 17.2 Å². The molecule has 1 aromatic heterocycles. The van der Waals surface area contributed by atoms with Crippen LogP contribution in [-0.2, 0) is 6.42 Å². The van der Waals surface area contributed by atoms with E-state index in [1.807, 2.05) is 6.92 Å². The molecule has 2 aromatic rings. The number of nitrogens with two attached hydrogens (primary N) is 1. The molecule has 2 N–H and O–H groups in total. The first-order valence-corrected chi connectivity index (χ1v) is 5.74. The van der Waals surface area contributed by atoms with E-state index in [1.54, 1.807) is 13.0 Å². The van der Waals surface area contributed by atoms with Gasteiger partial charge in [-0.3, -0.25) is 0 Å². The Morgan fingerprint density at radius 2 is 1.83 bits per heavy atom. The quantitative estimate of drug-likeness (QED) is 0.907. The molecule has 0 bridgehead atoms. The van der Waals surface area contributed by atoms with Crippen molar-refractivity contribution in [2.45, 2.75) is 26.3 Å². The maximum atomic E-state index is 13.5. The number of furan rings is 1. The molecule has 0 aliphatic heterocycles. The van der Waals surface area contributed by atoms with Crippen LogP contribution in [0.25, 0.3) is 0 Å². The van der Waals surface area contributed by atoms with Crippen LogP contribution in [0.4, 0.5) is 8.78 Å². The summed E-state index contributed by atoms with van der Waals surface area (Å²) in [5.74, 6) is 0.301. The molecule has 0 saturated heterocycles. The van der Waals surface area contributed by atoms with Crippen LogP contribution >= 0.6 is 0 Å². The number of benzene rings is 1.